The highest BCUT2D eigenvalue weighted by molar-refractivity contribution is 5.95. The highest BCUT2D eigenvalue weighted by Crippen LogP contribution is 2.33. The third kappa shape index (κ3) is 2.20. The zero-order valence-electron chi connectivity index (χ0n) is 10.6. The van der Waals surface area contributed by atoms with E-state index in [1.165, 1.54) is 5.56 Å². The van der Waals surface area contributed by atoms with Gasteiger partial charge in [-0.2, -0.15) is 0 Å². The van der Waals surface area contributed by atoms with Gasteiger partial charge in [0.15, 0.2) is 0 Å². The first-order chi connectivity index (χ1) is 7.99. The Morgan fingerprint density at radius 2 is 2.06 bits per heavy atom. The molecular formula is C13H19N3O. The average Bonchev–Trinajstić information content (AvgIpc) is 2.27. The van der Waals surface area contributed by atoms with Gasteiger partial charge in [-0.15, -0.1) is 0 Å². The van der Waals surface area contributed by atoms with E-state index in [4.69, 9.17) is 5.73 Å². The summed E-state index contributed by atoms with van der Waals surface area (Å²) in [5.74, 6) is 0.0712. The second kappa shape index (κ2) is 4.28. The average molecular weight is 233 g/mol. The molecule has 0 saturated heterocycles. The van der Waals surface area contributed by atoms with Crippen molar-refractivity contribution in [2.75, 3.05) is 23.0 Å². The zero-order valence-corrected chi connectivity index (χ0v) is 10.6. The van der Waals surface area contributed by atoms with Crippen molar-refractivity contribution >= 4 is 23.0 Å². The minimum Gasteiger partial charge on any atom is -0.397 e. The predicted molar refractivity (Wildman–Crippen MR) is 71.3 cm³/mol. The van der Waals surface area contributed by atoms with Crippen molar-refractivity contribution in [1.82, 2.24) is 0 Å². The van der Waals surface area contributed by atoms with Gasteiger partial charge in [-0.3, -0.25) is 4.79 Å². The molecule has 1 aliphatic rings. The van der Waals surface area contributed by atoms with Gasteiger partial charge in [0.1, 0.15) is 0 Å². The molecular weight excluding hydrogens is 214 g/mol. The summed E-state index contributed by atoms with van der Waals surface area (Å²) in [4.78, 5) is 13.4. The number of carbonyl (C=O) groups is 1. The Kier molecular flexibility index (Phi) is 2.96. The lowest BCUT2D eigenvalue weighted by Gasteiger charge is -2.27. The molecule has 17 heavy (non-hydrogen) atoms. The summed E-state index contributed by atoms with van der Waals surface area (Å²) >= 11 is 0. The molecule has 1 aromatic carbocycles. The number of anilines is 3. The lowest BCUT2D eigenvalue weighted by molar-refractivity contribution is -0.116. The smallest absolute Gasteiger partial charge is 0.224 e. The van der Waals surface area contributed by atoms with E-state index in [1.807, 2.05) is 13.1 Å². The third-order valence-electron chi connectivity index (χ3n) is 3.30. The molecule has 4 nitrogen and oxygen atoms in total. The van der Waals surface area contributed by atoms with Crippen molar-refractivity contribution in [2.45, 2.75) is 32.7 Å². The van der Waals surface area contributed by atoms with Crippen molar-refractivity contribution in [3.63, 3.8) is 0 Å². The maximum atomic E-state index is 11.3. The van der Waals surface area contributed by atoms with Gasteiger partial charge in [-0.1, -0.05) is 0 Å². The molecule has 0 spiro atoms. The number of rotatable bonds is 2. The molecule has 1 amide bonds. The molecule has 0 unspecified atom stereocenters. The minimum atomic E-state index is 0.0712. The molecule has 0 aromatic heterocycles. The van der Waals surface area contributed by atoms with Crippen LogP contribution in [-0.4, -0.2) is 19.0 Å². The third-order valence-corrected chi connectivity index (χ3v) is 3.30. The Bertz CT molecular complexity index is 454. The van der Waals surface area contributed by atoms with Gasteiger partial charge < -0.3 is 16.0 Å². The van der Waals surface area contributed by atoms with E-state index in [0.717, 1.165) is 17.8 Å². The number of hydrogen-bond acceptors (Lipinski definition) is 3. The first-order valence-electron chi connectivity index (χ1n) is 5.94. The van der Waals surface area contributed by atoms with Crippen LogP contribution in [0.5, 0.6) is 0 Å². The molecule has 1 aliphatic heterocycles. The van der Waals surface area contributed by atoms with Crippen molar-refractivity contribution in [3.05, 3.63) is 17.7 Å². The molecule has 1 aromatic rings. The number of amides is 1. The highest BCUT2D eigenvalue weighted by Gasteiger charge is 2.18. The molecule has 3 N–H and O–H groups in total. The SMILES string of the molecule is CC(C)N(C)c1cc2c(cc1N)NC(=O)CC2. The van der Waals surface area contributed by atoms with Gasteiger partial charge in [-0.25, -0.2) is 0 Å². The topological polar surface area (TPSA) is 58.4 Å². The standard InChI is InChI=1S/C13H19N3O/c1-8(2)16(3)12-6-9-4-5-13(17)15-11(9)7-10(12)14/h6-8H,4-5,14H2,1-3H3,(H,15,17). The number of fused-ring (bicyclic) bond motifs is 1. The van der Waals surface area contributed by atoms with Gasteiger partial charge in [0.05, 0.1) is 11.4 Å². The van der Waals surface area contributed by atoms with Gasteiger partial charge in [0.25, 0.3) is 0 Å². The van der Waals surface area contributed by atoms with Crippen molar-refractivity contribution < 1.29 is 4.79 Å². The van der Waals surface area contributed by atoms with Crippen LogP contribution in [0.15, 0.2) is 12.1 Å². The van der Waals surface area contributed by atoms with E-state index in [2.05, 4.69) is 30.1 Å². The Labute approximate surface area is 102 Å². The van der Waals surface area contributed by atoms with Crippen LogP contribution in [0, 0.1) is 0 Å². The van der Waals surface area contributed by atoms with E-state index >= 15 is 0 Å². The van der Waals surface area contributed by atoms with E-state index in [-0.39, 0.29) is 5.91 Å². The maximum Gasteiger partial charge on any atom is 0.224 e. The van der Waals surface area contributed by atoms with Crippen molar-refractivity contribution in [2.24, 2.45) is 0 Å². The van der Waals surface area contributed by atoms with Crippen LogP contribution < -0.4 is 16.0 Å². The number of nitrogens with zero attached hydrogens (tertiary/aromatic N) is 1. The largest absolute Gasteiger partial charge is 0.397 e. The van der Waals surface area contributed by atoms with Gasteiger partial charge >= 0.3 is 0 Å². The number of nitrogens with one attached hydrogen (secondary N) is 1. The normalized spacial score (nSPS) is 14.5. The summed E-state index contributed by atoms with van der Waals surface area (Å²) in [5, 5.41) is 2.86. The van der Waals surface area contributed by atoms with Crippen molar-refractivity contribution in [1.29, 1.82) is 0 Å². The van der Waals surface area contributed by atoms with Gasteiger partial charge in [0.2, 0.25) is 5.91 Å². The first-order valence-corrected chi connectivity index (χ1v) is 5.94. The van der Waals surface area contributed by atoms with Crippen LogP contribution in [0.2, 0.25) is 0 Å². The lowest BCUT2D eigenvalue weighted by atomic mass is 10.0. The zero-order chi connectivity index (χ0) is 12.6. The van der Waals surface area contributed by atoms with Crippen LogP contribution in [0.4, 0.5) is 17.1 Å². The second-order valence-corrected chi connectivity index (χ2v) is 4.82. The minimum absolute atomic E-state index is 0.0712. The number of hydrogen-bond donors (Lipinski definition) is 2. The van der Waals surface area contributed by atoms with Crippen LogP contribution in [0.3, 0.4) is 0 Å². The number of benzene rings is 1. The Balaban J connectivity index is 2.41. The molecule has 4 heteroatoms. The quantitative estimate of drug-likeness (QED) is 0.768. The predicted octanol–water partition coefficient (Wildman–Crippen LogP) is 2.00. The van der Waals surface area contributed by atoms with Crippen LogP contribution in [0.25, 0.3) is 0 Å². The highest BCUT2D eigenvalue weighted by atomic mass is 16.1. The Morgan fingerprint density at radius 3 is 2.71 bits per heavy atom. The number of nitrogen functional groups attached to an aromatic ring is 1. The summed E-state index contributed by atoms with van der Waals surface area (Å²) in [7, 11) is 2.03. The summed E-state index contributed by atoms with van der Waals surface area (Å²) in [6.07, 6.45) is 1.35. The molecule has 0 saturated carbocycles. The molecule has 0 aliphatic carbocycles. The number of carbonyl (C=O) groups excluding carboxylic acids is 1. The molecule has 0 fully saturated rings. The Morgan fingerprint density at radius 1 is 1.35 bits per heavy atom. The van der Waals surface area contributed by atoms with Crippen molar-refractivity contribution in [3.8, 4) is 0 Å². The summed E-state index contributed by atoms with van der Waals surface area (Å²) < 4.78 is 0. The van der Waals surface area contributed by atoms with Crippen LogP contribution >= 0.6 is 0 Å². The van der Waals surface area contributed by atoms with Gasteiger partial charge in [-0.05, 0) is 38.0 Å². The summed E-state index contributed by atoms with van der Waals surface area (Å²) in [6.45, 7) is 4.25. The fourth-order valence-electron chi connectivity index (χ4n) is 2.02. The fraction of sp³-hybridized carbons (Fsp3) is 0.462. The number of aryl methyl sites for hydroxylation is 1. The monoisotopic (exact) mass is 233 g/mol. The van der Waals surface area contributed by atoms with E-state index in [1.54, 1.807) is 0 Å². The molecule has 0 radical (unpaired) electrons. The summed E-state index contributed by atoms with van der Waals surface area (Å²) in [6, 6.07) is 4.35. The fourth-order valence-corrected chi connectivity index (χ4v) is 2.02. The van der Waals surface area contributed by atoms with E-state index in [0.29, 0.717) is 18.2 Å². The lowest BCUT2D eigenvalue weighted by Crippen LogP contribution is -2.27. The molecule has 2 rings (SSSR count). The molecule has 1 heterocycles. The van der Waals surface area contributed by atoms with E-state index < -0.39 is 0 Å². The molecule has 92 valence electrons. The maximum absolute atomic E-state index is 11.3. The second-order valence-electron chi connectivity index (χ2n) is 4.82. The molecule has 0 bridgehead atoms. The van der Waals surface area contributed by atoms with Crippen LogP contribution in [-0.2, 0) is 11.2 Å². The van der Waals surface area contributed by atoms with Crippen LogP contribution in [0.1, 0.15) is 25.8 Å². The van der Waals surface area contributed by atoms with Gasteiger partial charge in [0, 0.05) is 25.2 Å². The Hall–Kier alpha value is -1.71. The number of nitrogens with two attached hydrogens (primary N) is 1. The molecule has 0 atom stereocenters. The van der Waals surface area contributed by atoms with E-state index in [9.17, 15) is 4.79 Å². The first kappa shape index (κ1) is 11.8. The summed E-state index contributed by atoms with van der Waals surface area (Å²) in [5.41, 5.74) is 9.81.